The Morgan fingerprint density at radius 1 is 1.24 bits per heavy atom. The Kier molecular flexibility index (Phi) is 4.82. The largest absolute Gasteiger partial charge is 0.495 e. The second-order valence-corrected chi connectivity index (χ2v) is 6.54. The average molecular weight is 327 g/mol. The molecule has 1 heterocycles. The van der Waals surface area contributed by atoms with Gasteiger partial charge in [-0.05, 0) is 42.8 Å². The van der Waals surface area contributed by atoms with E-state index in [-0.39, 0.29) is 16.0 Å². The number of pyridine rings is 1. The van der Waals surface area contributed by atoms with E-state index in [1.807, 2.05) is 0 Å². The van der Waals surface area contributed by atoms with E-state index in [0.717, 1.165) is 5.56 Å². The third-order valence-electron chi connectivity index (χ3n) is 2.97. The fourth-order valence-electron chi connectivity index (χ4n) is 1.84. The normalized spacial score (nSPS) is 12.9. The van der Waals surface area contributed by atoms with Crippen molar-refractivity contribution in [2.45, 2.75) is 17.9 Å². The first-order valence-corrected chi connectivity index (χ1v) is 8.06. The quantitative estimate of drug-likeness (QED) is 0.917. The summed E-state index contributed by atoms with van der Waals surface area (Å²) in [6.45, 7) is 1.76. The summed E-state index contributed by atoms with van der Waals surface area (Å²) in [7, 11) is -2.19. The minimum atomic E-state index is -3.67. The molecule has 0 fully saturated rings. The monoisotopic (exact) mass is 326 g/mol. The molecule has 0 aliphatic rings. The van der Waals surface area contributed by atoms with Gasteiger partial charge in [0, 0.05) is 18.4 Å². The first-order chi connectivity index (χ1) is 9.94. The molecule has 1 atom stereocenters. The van der Waals surface area contributed by atoms with Crippen LogP contribution in [0.1, 0.15) is 18.5 Å². The average Bonchev–Trinajstić information content (AvgIpc) is 2.47. The topological polar surface area (TPSA) is 68.3 Å². The molecule has 0 spiro atoms. The van der Waals surface area contributed by atoms with Gasteiger partial charge in [-0.1, -0.05) is 11.6 Å². The molecule has 21 heavy (non-hydrogen) atoms. The number of hydrogen-bond acceptors (Lipinski definition) is 4. The lowest BCUT2D eigenvalue weighted by Crippen LogP contribution is -2.26. The van der Waals surface area contributed by atoms with E-state index in [1.54, 1.807) is 31.5 Å². The second-order valence-electron chi connectivity index (χ2n) is 4.42. The highest BCUT2D eigenvalue weighted by Gasteiger charge is 2.19. The summed E-state index contributed by atoms with van der Waals surface area (Å²) in [5, 5.41) is 0.247. The van der Waals surface area contributed by atoms with Gasteiger partial charge in [0.25, 0.3) is 0 Å². The van der Waals surface area contributed by atoms with Crippen molar-refractivity contribution in [1.82, 2.24) is 9.71 Å². The Morgan fingerprint density at radius 3 is 2.48 bits per heavy atom. The second kappa shape index (κ2) is 6.43. The zero-order chi connectivity index (χ0) is 15.5. The molecule has 112 valence electrons. The number of hydrogen-bond donors (Lipinski definition) is 1. The molecule has 1 aromatic heterocycles. The number of aromatic nitrogens is 1. The third-order valence-corrected chi connectivity index (χ3v) is 4.81. The van der Waals surface area contributed by atoms with Gasteiger partial charge in [0.2, 0.25) is 10.0 Å². The van der Waals surface area contributed by atoms with E-state index < -0.39 is 10.0 Å². The van der Waals surface area contributed by atoms with Crippen molar-refractivity contribution in [3.63, 3.8) is 0 Å². The molecule has 0 aliphatic carbocycles. The number of nitrogens with zero attached hydrogens (tertiary/aromatic N) is 1. The van der Waals surface area contributed by atoms with Crippen LogP contribution in [0.25, 0.3) is 0 Å². The highest BCUT2D eigenvalue weighted by atomic mass is 35.5. The number of nitrogens with one attached hydrogen (secondary N) is 1. The molecule has 0 saturated heterocycles. The van der Waals surface area contributed by atoms with E-state index in [9.17, 15) is 8.42 Å². The highest BCUT2D eigenvalue weighted by molar-refractivity contribution is 7.89. The lowest BCUT2D eigenvalue weighted by Gasteiger charge is -2.15. The molecule has 1 N–H and O–H groups in total. The predicted octanol–water partition coefficient (Wildman–Crippen LogP) is 2.78. The number of ether oxygens (including phenoxy) is 1. The van der Waals surface area contributed by atoms with Gasteiger partial charge in [0.05, 0.1) is 17.0 Å². The molecule has 7 heteroatoms. The molecular formula is C14H15ClN2O3S. The first kappa shape index (κ1) is 15.8. The van der Waals surface area contributed by atoms with Crippen molar-refractivity contribution < 1.29 is 13.2 Å². The molecule has 0 aliphatic heterocycles. The van der Waals surface area contributed by atoms with Crippen LogP contribution in [-0.2, 0) is 10.0 Å². The standard InChI is InChI=1S/C14H15ClN2O3S/c1-10(11-5-7-16-8-6-11)17-21(18,19)12-3-4-14(20-2)13(15)9-12/h3-10,17H,1-2H3/t10-/m0/s1. The van der Waals surface area contributed by atoms with Crippen LogP contribution >= 0.6 is 11.6 Å². The van der Waals surface area contributed by atoms with E-state index in [4.69, 9.17) is 16.3 Å². The Labute approximate surface area is 129 Å². The maximum atomic E-state index is 12.3. The fourth-order valence-corrected chi connectivity index (χ4v) is 3.42. The number of benzene rings is 1. The van der Waals surface area contributed by atoms with Crippen LogP contribution < -0.4 is 9.46 Å². The molecule has 1 aromatic carbocycles. The van der Waals surface area contributed by atoms with E-state index in [1.165, 1.54) is 25.3 Å². The molecule has 0 radical (unpaired) electrons. The summed E-state index contributed by atoms with van der Waals surface area (Å²) in [4.78, 5) is 4.00. The Morgan fingerprint density at radius 2 is 1.90 bits per heavy atom. The summed E-state index contributed by atoms with van der Waals surface area (Å²) in [5.41, 5.74) is 0.827. The van der Waals surface area contributed by atoms with E-state index >= 15 is 0 Å². The number of methoxy groups -OCH3 is 1. The minimum Gasteiger partial charge on any atom is -0.495 e. The molecule has 0 saturated carbocycles. The van der Waals surface area contributed by atoms with E-state index in [2.05, 4.69) is 9.71 Å². The van der Waals surface area contributed by atoms with Gasteiger partial charge in [0.1, 0.15) is 5.75 Å². The van der Waals surface area contributed by atoms with Gasteiger partial charge in [-0.15, -0.1) is 0 Å². The maximum Gasteiger partial charge on any atom is 0.241 e. The SMILES string of the molecule is COc1ccc(S(=O)(=O)N[C@@H](C)c2ccncc2)cc1Cl. The van der Waals surface area contributed by atoms with Crippen LogP contribution in [0.2, 0.25) is 5.02 Å². The zero-order valence-corrected chi connectivity index (χ0v) is 13.1. The van der Waals surface area contributed by atoms with Crippen LogP contribution in [-0.4, -0.2) is 20.5 Å². The number of halogens is 1. The zero-order valence-electron chi connectivity index (χ0n) is 11.6. The van der Waals surface area contributed by atoms with Crippen molar-refractivity contribution in [2.75, 3.05) is 7.11 Å². The number of rotatable bonds is 5. The fraction of sp³-hybridized carbons (Fsp3) is 0.214. The van der Waals surface area contributed by atoms with Crippen LogP contribution in [0.4, 0.5) is 0 Å². The molecule has 2 aromatic rings. The van der Waals surface area contributed by atoms with Crippen molar-refractivity contribution >= 4 is 21.6 Å². The molecule has 0 unspecified atom stereocenters. The van der Waals surface area contributed by atoms with Gasteiger partial charge < -0.3 is 4.74 Å². The van der Waals surface area contributed by atoms with Crippen LogP contribution in [0.5, 0.6) is 5.75 Å². The third kappa shape index (κ3) is 3.72. The van der Waals surface area contributed by atoms with Crippen LogP contribution in [0.15, 0.2) is 47.6 Å². The van der Waals surface area contributed by atoms with Gasteiger partial charge in [-0.3, -0.25) is 4.98 Å². The van der Waals surface area contributed by atoms with Crippen LogP contribution in [0, 0.1) is 0 Å². The maximum absolute atomic E-state index is 12.3. The van der Waals surface area contributed by atoms with Crippen molar-refractivity contribution in [3.8, 4) is 5.75 Å². The van der Waals surface area contributed by atoms with Gasteiger partial charge in [-0.25, -0.2) is 13.1 Å². The lowest BCUT2D eigenvalue weighted by molar-refractivity contribution is 0.414. The first-order valence-electron chi connectivity index (χ1n) is 6.20. The Balaban J connectivity index is 2.24. The molecule has 2 rings (SSSR count). The van der Waals surface area contributed by atoms with Gasteiger partial charge in [0.15, 0.2) is 0 Å². The summed E-state index contributed by atoms with van der Waals surface area (Å²) in [6.07, 6.45) is 3.23. The Bertz CT molecular complexity index is 720. The summed E-state index contributed by atoms with van der Waals surface area (Å²) in [5.74, 6) is 0.429. The Hall–Kier alpha value is -1.63. The minimum absolute atomic E-state index is 0.0919. The summed E-state index contributed by atoms with van der Waals surface area (Å²) in [6, 6.07) is 7.48. The summed E-state index contributed by atoms with van der Waals surface area (Å²) < 4.78 is 32.3. The van der Waals surface area contributed by atoms with Gasteiger partial charge >= 0.3 is 0 Å². The predicted molar refractivity (Wildman–Crippen MR) is 81.0 cm³/mol. The van der Waals surface area contributed by atoms with Gasteiger partial charge in [-0.2, -0.15) is 0 Å². The van der Waals surface area contributed by atoms with E-state index in [0.29, 0.717) is 5.75 Å². The molecule has 0 bridgehead atoms. The van der Waals surface area contributed by atoms with Crippen molar-refractivity contribution in [3.05, 3.63) is 53.3 Å². The summed E-state index contributed by atoms with van der Waals surface area (Å²) >= 11 is 5.96. The van der Waals surface area contributed by atoms with Crippen molar-refractivity contribution in [2.24, 2.45) is 0 Å². The molecule has 0 amide bonds. The van der Waals surface area contributed by atoms with Crippen LogP contribution in [0.3, 0.4) is 0 Å². The smallest absolute Gasteiger partial charge is 0.241 e. The number of sulfonamides is 1. The van der Waals surface area contributed by atoms with Crippen molar-refractivity contribution in [1.29, 1.82) is 0 Å². The highest BCUT2D eigenvalue weighted by Crippen LogP contribution is 2.27. The molecular weight excluding hydrogens is 312 g/mol. The molecule has 5 nitrogen and oxygen atoms in total. The lowest BCUT2D eigenvalue weighted by atomic mass is 10.1.